The van der Waals surface area contributed by atoms with Gasteiger partial charge in [0.2, 0.25) is 5.91 Å². The molecule has 1 aliphatic rings. The molecule has 6 N–H and O–H groups in total. The maximum Gasteiger partial charge on any atom is 0.220 e. The third-order valence-electron chi connectivity index (χ3n) is 15.2. The smallest absolute Gasteiger partial charge is 0.220 e. The van der Waals surface area contributed by atoms with Gasteiger partial charge in [0.15, 0.2) is 6.29 Å². The largest absolute Gasteiger partial charge is 0.394 e. The van der Waals surface area contributed by atoms with Gasteiger partial charge in [0.05, 0.1) is 25.4 Å². The summed E-state index contributed by atoms with van der Waals surface area (Å²) in [4.78, 5) is 13.1. The van der Waals surface area contributed by atoms with E-state index in [2.05, 4.69) is 79.9 Å². The van der Waals surface area contributed by atoms with E-state index in [1.807, 2.05) is 6.08 Å². The number of amides is 1. The molecule has 0 aromatic carbocycles. The highest BCUT2D eigenvalue weighted by Crippen LogP contribution is 2.23. The van der Waals surface area contributed by atoms with E-state index in [-0.39, 0.29) is 12.5 Å². The van der Waals surface area contributed by atoms with Crippen molar-refractivity contribution in [2.24, 2.45) is 0 Å². The zero-order valence-corrected chi connectivity index (χ0v) is 50.0. The molecule has 0 bridgehead atoms. The fourth-order valence-electron chi connectivity index (χ4n) is 10.1. The quantitative estimate of drug-likeness (QED) is 0.0261. The Morgan fingerprint density at radius 2 is 0.779 bits per heavy atom. The van der Waals surface area contributed by atoms with Crippen LogP contribution in [0, 0.1) is 0 Å². The average molecular weight is 1080 g/mol. The van der Waals surface area contributed by atoms with Crippen LogP contribution < -0.4 is 5.32 Å². The topological polar surface area (TPSA) is 149 Å². The highest BCUT2D eigenvalue weighted by Gasteiger charge is 2.44. The molecule has 0 aromatic rings. The molecule has 0 radical (unpaired) electrons. The maximum atomic E-state index is 13.1. The number of unbranched alkanes of at least 4 members (excludes halogenated alkanes) is 36. The summed E-state index contributed by atoms with van der Waals surface area (Å²) in [6.45, 7) is 3.77. The third-order valence-corrected chi connectivity index (χ3v) is 15.2. The van der Waals surface area contributed by atoms with Crippen molar-refractivity contribution in [2.45, 2.75) is 339 Å². The molecule has 77 heavy (non-hydrogen) atoms. The van der Waals surface area contributed by atoms with Crippen molar-refractivity contribution < 1.29 is 39.8 Å². The highest BCUT2D eigenvalue weighted by atomic mass is 16.7. The van der Waals surface area contributed by atoms with Gasteiger partial charge in [-0.15, -0.1) is 0 Å². The Morgan fingerprint density at radius 1 is 0.442 bits per heavy atom. The number of hydrogen-bond acceptors (Lipinski definition) is 8. The number of nitrogens with one attached hydrogen (secondary N) is 1. The molecule has 1 aliphatic heterocycles. The van der Waals surface area contributed by atoms with E-state index >= 15 is 0 Å². The summed E-state index contributed by atoms with van der Waals surface area (Å²) in [5, 5.41) is 54.6. The summed E-state index contributed by atoms with van der Waals surface area (Å²) in [6, 6.07) is -0.838. The van der Waals surface area contributed by atoms with E-state index in [0.717, 1.165) is 70.6 Å². The van der Waals surface area contributed by atoms with Gasteiger partial charge < -0.3 is 40.3 Å². The first-order valence-corrected chi connectivity index (χ1v) is 32.7. The molecule has 1 amide bonds. The second kappa shape index (κ2) is 56.9. The number of carbonyl (C=O) groups excluding carboxylic acids is 1. The second-order valence-corrected chi connectivity index (χ2v) is 22.5. The van der Waals surface area contributed by atoms with Crippen molar-refractivity contribution in [1.29, 1.82) is 0 Å². The minimum absolute atomic E-state index is 0.198. The van der Waals surface area contributed by atoms with E-state index in [4.69, 9.17) is 9.47 Å². The maximum absolute atomic E-state index is 13.1. The van der Waals surface area contributed by atoms with Gasteiger partial charge in [-0.1, -0.05) is 279 Å². The lowest BCUT2D eigenvalue weighted by atomic mass is 9.99. The van der Waals surface area contributed by atoms with Gasteiger partial charge in [-0.3, -0.25) is 4.79 Å². The Balaban J connectivity index is 2.21. The van der Waals surface area contributed by atoms with Crippen LogP contribution >= 0.6 is 0 Å². The molecule has 0 spiro atoms. The van der Waals surface area contributed by atoms with Crippen molar-refractivity contribution in [3.8, 4) is 0 Å². The van der Waals surface area contributed by atoms with Crippen LogP contribution in [-0.4, -0.2) is 87.5 Å². The van der Waals surface area contributed by atoms with E-state index in [9.17, 15) is 30.3 Å². The van der Waals surface area contributed by atoms with Crippen LogP contribution in [0.25, 0.3) is 0 Å². The lowest BCUT2D eigenvalue weighted by Gasteiger charge is -2.40. The Bertz CT molecular complexity index is 1440. The van der Waals surface area contributed by atoms with Crippen molar-refractivity contribution in [3.05, 3.63) is 72.9 Å². The number of aliphatic hydroxyl groups is 5. The number of rotatable bonds is 56. The second-order valence-electron chi connectivity index (χ2n) is 22.5. The molecule has 0 aliphatic carbocycles. The number of hydrogen-bond donors (Lipinski definition) is 6. The Labute approximate surface area is 474 Å². The van der Waals surface area contributed by atoms with Gasteiger partial charge in [0.25, 0.3) is 0 Å². The van der Waals surface area contributed by atoms with Crippen LogP contribution in [0.5, 0.6) is 0 Å². The van der Waals surface area contributed by atoms with Gasteiger partial charge in [-0.05, 0) is 83.5 Å². The first-order chi connectivity index (χ1) is 37.8. The molecule has 448 valence electrons. The molecule has 7 atom stereocenters. The zero-order chi connectivity index (χ0) is 55.8. The van der Waals surface area contributed by atoms with Crippen molar-refractivity contribution >= 4 is 5.91 Å². The molecule has 0 aromatic heterocycles. The average Bonchev–Trinajstić information content (AvgIpc) is 3.43. The first kappa shape index (κ1) is 72.6. The number of carbonyl (C=O) groups is 1. The summed E-state index contributed by atoms with van der Waals surface area (Å²) in [7, 11) is 0. The molecule has 1 heterocycles. The van der Waals surface area contributed by atoms with Crippen molar-refractivity contribution in [3.63, 3.8) is 0 Å². The molecular formula is C68H123NO8. The lowest BCUT2D eigenvalue weighted by Crippen LogP contribution is -2.60. The molecular weight excluding hydrogens is 959 g/mol. The summed E-state index contributed by atoms with van der Waals surface area (Å²) in [6.07, 6.45) is 72.8. The predicted octanol–water partition coefficient (Wildman–Crippen LogP) is 17.2. The van der Waals surface area contributed by atoms with Gasteiger partial charge in [0, 0.05) is 6.42 Å². The Hall–Kier alpha value is -2.37. The Kier molecular flexibility index (Phi) is 53.7. The van der Waals surface area contributed by atoms with Crippen LogP contribution in [0.3, 0.4) is 0 Å². The first-order valence-electron chi connectivity index (χ1n) is 32.7. The molecule has 9 nitrogen and oxygen atoms in total. The normalized spacial score (nSPS) is 19.2. The van der Waals surface area contributed by atoms with Gasteiger partial charge in [-0.25, -0.2) is 0 Å². The summed E-state index contributed by atoms with van der Waals surface area (Å²) in [5.74, 6) is -0.198. The van der Waals surface area contributed by atoms with Crippen molar-refractivity contribution in [1.82, 2.24) is 5.32 Å². The van der Waals surface area contributed by atoms with Crippen LogP contribution in [0.1, 0.15) is 296 Å². The fraction of sp³-hybridized carbons (Fsp3) is 0.809. The van der Waals surface area contributed by atoms with Crippen molar-refractivity contribution in [2.75, 3.05) is 13.2 Å². The van der Waals surface area contributed by atoms with E-state index in [0.29, 0.717) is 6.42 Å². The van der Waals surface area contributed by atoms with E-state index in [1.165, 1.54) is 205 Å². The Morgan fingerprint density at radius 3 is 1.18 bits per heavy atom. The summed E-state index contributed by atoms with van der Waals surface area (Å²) in [5.41, 5.74) is 0. The van der Waals surface area contributed by atoms with Gasteiger partial charge in [0.1, 0.15) is 24.4 Å². The molecule has 0 saturated carbocycles. The summed E-state index contributed by atoms with van der Waals surface area (Å²) >= 11 is 0. The zero-order valence-electron chi connectivity index (χ0n) is 50.0. The lowest BCUT2D eigenvalue weighted by molar-refractivity contribution is -0.302. The van der Waals surface area contributed by atoms with Crippen LogP contribution in [-0.2, 0) is 14.3 Å². The molecule has 1 fully saturated rings. The van der Waals surface area contributed by atoms with Crippen LogP contribution in [0.2, 0.25) is 0 Å². The van der Waals surface area contributed by atoms with Gasteiger partial charge >= 0.3 is 0 Å². The number of ether oxygens (including phenoxy) is 2. The molecule has 1 rings (SSSR count). The minimum Gasteiger partial charge on any atom is -0.394 e. The summed E-state index contributed by atoms with van der Waals surface area (Å²) < 4.78 is 11.3. The third kappa shape index (κ3) is 46.0. The molecule has 1 saturated heterocycles. The van der Waals surface area contributed by atoms with Gasteiger partial charge in [-0.2, -0.15) is 0 Å². The molecule has 9 heteroatoms. The predicted molar refractivity (Wildman–Crippen MR) is 327 cm³/mol. The monoisotopic (exact) mass is 1080 g/mol. The number of allylic oxidation sites excluding steroid dienone is 11. The molecule has 7 unspecified atom stereocenters. The van der Waals surface area contributed by atoms with E-state index < -0.39 is 49.5 Å². The van der Waals surface area contributed by atoms with Crippen LogP contribution in [0.4, 0.5) is 0 Å². The minimum atomic E-state index is -1.58. The van der Waals surface area contributed by atoms with E-state index in [1.54, 1.807) is 6.08 Å². The fourth-order valence-corrected chi connectivity index (χ4v) is 10.1. The van der Waals surface area contributed by atoms with Crippen LogP contribution in [0.15, 0.2) is 72.9 Å². The highest BCUT2D eigenvalue weighted by molar-refractivity contribution is 5.76. The SMILES string of the molecule is CCCCCCC/C=C\C/C=C\C/C=C\CCCCCCCCCCC(=O)NC(COC1OC(CO)C(O)C(O)C1O)C(O)/C=C/CC/C=C/CC/C=C/CCCCCCCCCCCCCCCCCCCCCCC. The number of aliphatic hydroxyl groups excluding tert-OH is 5. The standard InChI is InChI=1S/C68H123NO8/c1-3-5-7-9-11-13-15-17-19-21-23-25-27-28-29-30-31-32-33-34-36-37-39-41-43-45-47-49-51-53-55-57-62(71)61(60-76-68-67(75)66(74)65(73)63(59-70)77-68)69-64(72)58-56-54-52-50-48-46-44-42-40-38-35-26-24-22-20-18-16-14-12-10-8-6-4-2/h16,18,22,24,35,38-39,41,47,49,55,57,61-63,65-68,70-71,73-75H,3-15,17,19-21,23,25-34,36-37,40,42-46,48,50-54,56,58-60H2,1-2H3,(H,69,72)/b18-16-,24-22-,38-35-,41-39+,49-47+,57-55+.